The number of rotatable bonds is 8. The molecule has 0 fully saturated rings. The predicted molar refractivity (Wildman–Crippen MR) is 256 cm³/mol. The number of hydrogen-bond donors (Lipinski definition) is 0. The van der Waals surface area contributed by atoms with E-state index in [2.05, 4.69) is 200 Å². The lowest BCUT2D eigenvalue weighted by atomic mass is 9.95. The average Bonchev–Trinajstić information content (AvgIpc) is 3.73. The second-order valence-corrected chi connectivity index (χ2v) is 16.3. The lowest BCUT2D eigenvalue weighted by Gasteiger charge is -2.11. The van der Waals surface area contributed by atoms with Gasteiger partial charge in [0.2, 0.25) is 0 Å². The summed E-state index contributed by atoms with van der Waals surface area (Å²) in [7, 11) is 0. The molecule has 4 heteroatoms. The third-order valence-electron chi connectivity index (χ3n) is 11.3. The summed E-state index contributed by atoms with van der Waals surface area (Å²) >= 11 is 1.80. The van der Waals surface area contributed by atoms with Crippen molar-refractivity contribution < 1.29 is 0 Å². The van der Waals surface area contributed by atoms with Gasteiger partial charge in [-0.3, -0.25) is 0 Å². The van der Waals surface area contributed by atoms with Crippen molar-refractivity contribution in [2.45, 2.75) is 0 Å². The van der Waals surface area contributed by atoms with Crippen molar-refractivity contribution in [1.29, 1.82) is 0 Å². The number of aromatic nitrogens is 3. The molecule has 9 aromatic carbocycles. The van der Waals surface area contributed by atoms with E-state index in [0.29, 0.717) is 17.5 Å². The zero-order chi connectivity index (χ0) is 40.5. The molecule has 11 aromatic rings. The number of thiophene rings is 1. The first-order chi connectivity index (χ1) is 30.2. The van der Waals surface area contributed by atoms with Gasteiger partial charge < -0.3 is 0 Å². The van der Waals surface area contributed by atoms with Crippen LogP contribution in [0.15, 0.2) is 224 Å². The van der Waals surface area contributed by atoms with Crippen molar-refractivity contribution in [3.05, 3.63) is 224 Å². The molecular formula is C57H37N3S. The number of benzene rings is 9. The Balaban J connectivity index is 0.970. The zero-order valence-electron chi connectivity index (χ0n) is 33.1. The second-order valence-electron chi connectivity index (χ2n) is 15.2. The summed E-state index contributed by atoms with van der Waals surface area (Å²) in [4.78, 5) is 15.5. The highest BCUT2D eigenvalue weighted by Gasteiger charge is 2.18. The van der Waals surface area contributed by atoms with Crippen LogP contribution < -0.4 is 0 Å². The lowest BCUT2D eigenvalue weighted by molar-refractivity contribution is 1.08. The largest absolute Gasteiger partial charge is 0.208 e. The Bertz CT molecular complexity index is 3340. The van der Waals surface area contributed by atoms with E-state index in [4.69, 9.17) is 15.0 Å². The highest BCUT2D eigenvalue weighted by molar-refractivity contribution is 7.26. The van der Waals surface area contributed by atoms with Crippen LogP contribution in [-0.4, -0.2) is 15.0 Å². The summed E-state index contributed by atoms with van der Waals surface area (Å²) in [5.41, 5.74) is 14.7. The molecular weight excluding hydrogens is 759 g/mol. The van der Waals surface area contributed by atoms with Crippen LogP contribution in [-0.2, 0) is 0 Å². The summed E-state index contributed by atoms with van der Waals surface area (Å²) in [5, 5.41) is 2.34. The molecule has 3 nitrogen and oxygen atoms in total. The van der Waals surface area contributed by atoms with Gasteiger partial charge in [-0.1, -0.05) is 188 Å². The maximum absolute atomic E-state index is 5.22. The van der Waals surface area contributed by atoms with Gasteiger partial charge in [-0.15, -0.1) is 11.3 Å². The van der Waals surface area contributed by atoms with Gasteiger partial charge in [0, 0.05) is 36.9 Å². The summed E-state index contributed by atoms with van der Waals surface area (Å²) < 4.78 is 2.42. The van der Waals surface area contributed by atoms with Crippen molar-refractivity contribution in [1.82, 2.24) is 15.0 Å². The number of fused-ring (bicyclic) bond motifs is 3. The predicted octanol–water partition coefficient (Wildman–Crippen LogP) is 15.6. The summed E-state index contributed by atoms with van der Waals surface area (Å²) in [5.74, 6) is 1.94. The van der Waals surface area contributed by atoms with Crippen LogP contribution in [0, 0.1) is 0 Å². The number of nitrogens with zero attached hydrogens (tertiary/aromatic N) is 3. The van der Waals surface area contributed by atoms with E-state index in [-0.39, 0.29) is 0 Å². The maximum atomic E-state index is 5.22. The van der Waals surface area contributed by atoms with E-state index < -0.39 is 0 Å². The highest BCUT2D eigenvalue weighted by Crippen LogP contribution is 2.42. The van der Waals surface area contributed by atoms with E-state index in [1.807, 2.05) is 24.3 Å². The fraction of sp³-hybridized carbons (Fsp3) is 0. The fourth-order valence-corrected chi connectivity index (χ4v) is 9.36. The molecule has 0 amide bonds. The molecule has 11 rings (SSSR count). The highest BCUT2D eigenvalue weighted by atomic mass is 32.1. The third kappa shape index (κ3) is 7.20. The summed E-state index contributed by atoms with van der Waals surface area (Å²) in [6.45, 7) is 0. The lowest BCUT2D eigenvalue weighted by Crippen LogP contribution is -2.00. The van der Waals surface area contributed by atoms with Crippen LogP contribution in [0.25, 0.3) is 110 Å². The van der Waals surface area contributed by atoms with Gasteiger partial charge in [-0.05, 0) is 92.0 Å². The molecule has 0 spiro atoms. The number of hydrogen-bond acceptors (Lipinski definition) is 4. The Hall–Kier alpha value is -7.79. The van der Waals surface area contributed by atoms with Gasteiger partial charge in [-0.2, -0.15) is 0 Å². The molecule has 0 radical (unpaired) electrons. The van der Waals surface area contributed by atoms with Crippen molar-refractivity contribution in [2.75, 3.05) is 0 Å². The molecule has 0 unspecified atom stereocenters. The molecule has 0 saturated heterocycles. The topological polar surface area (TPSA) is 38.7 Å². The maximum Gasteiger partial charge on any atom is 0.164 e. The molecule has 286 valence electrons. The van der Waals surface area contributed by atoms with Crippen molar-refractivity contribution in [3.63, 3.8) is 0 Å². The van der Waals surface area contributed by atoms with Crippen molar-refractivity contribution in [2.24, 2.45) is 0 Å². The van der Waals surface area contributed by atoms with Crippen LogP contribution >= 0.6 is 11.3 Å². The minimum Gasteiger partial charge on any atom is -0.208 e. The molecule has 0 atom stereocenters. The molecule has 0 aliphatic carbocycles. The smallest absolute Gasteiger partial charge is 0.164 e. The minimum absolute atomic E-state index is 0.643. The molecule has 0 aliphatic rings. The first-order valence-corrected chi connectivity index (χ1v) is 21.3. The zero-order valence-corrected chi connectivity index (χ0v) is 33.9. The van der Waals surface area contributed by atoms with E-state index in [0.717, 1.165) is 38.8 Å². The van der Waals surface area contributed by atoms with E-state index >= 15 is 0 Å². The second kappa shape index (κ2) is 15.8. The third-order valence-corrected chi connectivity index (χ3v) is 12.5. The monoisotopic (exact) mass is 795 g/mol. The summed E-state index contributed by atoms with van der Waals surface area (Å²) in [6, 6.07) is 79.5. The Kier molecular flexibility index (Phi) is 9.38. The normalized spacial score (nSPS) is 11.3. The Labute approximate surface area is 359 Å². The summed E-state index contributed by atoms with van der Waals surface area (Å²) in [6.07, 6.45) is 0. The fourth-order valence-electron chi connectivity index (χ4n) is 8.25. The molecule has 0 N–H and O–H groups in total. The molecule has 2 heterocycles. The first-order valence-electron chi connectivity index (χ1n) is 20.5. The van der Waals surface area contributed by atoms with Crippen LogP contribution in [0.2, 0.25) is 0 Å². The van der Waals surface area contributed by atoms with Gasteiger partial charge >= 0.3 is 0 Å². The van der Waals surface area contributed by atoms with Gasteiger partial charge in [0.15, 0.2) is 17.5 Å². The van der Waals surface area contributed by atoms with Crippen LogP contribution in [0.1, 0.15) is 0 Å². The first kappa shape index (κ1) is 36.3. The molecule has 0 saturated carbocycles. The van der Waals surface area contributed by atoms with Gasteiger partial charge in [0.05, 0.1) is 0 Å². The van der Waals surface area contributed by atoms with Crippen LogP contribution in [0.3, 0.4) is 0 Å². The minimum atomic E-state index is 0.643. The quantitative estimate of drug-likeness (QED) is 0.154. The van der Waals surface area contributed by atoms with Gasteiger partial charge in [0.25, 0.3) is 0 Å². The SMILES string of the molecule is c1ccc(-c2cccc(-c3ccc(-c4cccc(-c5ccc6sc7cccc(-c8nc(-c9ccccc9)nc(-c9cccc(-c%10ccccc%10)c9)n8)c7c6c5)c4)cc3)c2)cc1. The van der Waals surface area contributed by atoms with Crippen molar-refractivity contribution in [3.8, 4) is 89.8 Å². The molecule has 61 heavy (non-hydrogen) atoms. The van der Waals surface area contributed by atoms with Gasteiger partial charge in [0.1, 0.15) is 0 Å². The Morgan fingerprint density at radius 2 is 0.623 bits per heavy atom. The Morgan fingerprint density at radius 1 is 0.246 bits per heavy atom. The average molecular weight is 796 g/mol. The molecule has 2 aromatic heterocycles. The molecule has 0 aliphatic heterocycles. The van der Waals surface area contributed by atoms with Crippen LogP contribution in [0.5, 0.6) is 0 Å². The molecule has 0 bridgehead atoms. The standard InChI is InChI=1S/C57H37N3S/c1-4-14-38(15-5-1)43-20-10-21-44(34-43)40-28-30-41(31-29-40)45-22-11-24-47(35-45)48-32-33-52-51(37-48)54-50(26-13-27-53(54)61-52)57-59-55(42-18-8-3-9-19-42)58-56(60-57)49-25-12-23-46(36-49)39-16-6-2-7-17-39/h1-37H. The van der Waals surface area contributed by atoms with E-state index in [1.165, 1.54) is 53.7 Å². The van der Waals surface area contributed by atoms with Crippen molar-refractivity contribution >= 4 is 31.5 Å². The van der Waals surface area contributed by atoms with E-state index in [9.17, 15) is 0 Å². The Morgan fingerprint density at radius 3 is 1.18 bits per heavy atom. The van der Waals surface area contributed by atoms with Crippen LogP contribution in [0.4, 0.5) is 0 Å². The van der Waals surface area contributed by atoms with E-state index in [1.54, 1.807) is 11.3 Å². The van der Waals surface area contributed by atoms with Gasteiger partial charge in [-0.25, -0.2) is 15.0 Å².